The Morgan fingerprint density at radius 1 is 1.24 bits per heavy atom. The molecule has 1 aromatic carbocycles. The van der Waals surface area contributed by atoms with Gasteiger partial charge < -0.3 is 4.74 Å². The summed E-state index contributed by atoms with van der Waals surface area (Å²) in [6.07, 6.45) is -4.52. The number of rotatable bonds is 6. The van der Waals surface area contributed by atoms with E-state index in [1.165, 1.54) is 30.3 Å². The van der Waals surface area contributed by atoms with E-state index in [9.17, 15) is 17.6 Å². The van der Waals surface area contributed by atoms with Crippen LogP contribution in [0, 0.1) is 0 Å². The van der Waals surface area contributed by atoms with Crippen LogP contribution in [-0.2, 0) is 4.74 Å². The highest BCUT2D eigenvalue weighted by atomic mass is 19.3. The van der Waals surface area contributed by atoms with Gasteiger partial charge in [-0.15, -0.1) is 6.58 Å². The van der Waals surface area contributed by atoms with Gasteiger partial charge in [-0.3, -0.25) is 0 Å². The molecule has 0 amide bonds. The average Bonchev–Trinajstić information content (AvgIpc) is 2.30. The van der Waals surface area contributed by atoms with E-state index in [0.717, 1.165) is 0 Å². The number of ether oxygens (including phenoxy) is 1. The summed E-state index contributed by atoms with van der Waals surface area (Å²) in [4.78, 5) is 0. The van der Waals surface area contributed by atoms with Gasteiger partial charge in [-0.1, -0.05) is 36.4 Å². The first-order chi connectivity index (χ1) is 8.00. The summed E-state index contributed by atoms with van der Waals surface area (Å²) in [7, 11) is 0. The van der Waals surface area contributed by atoms with Crippen LogP contribution in [0.1, 0.15) is 11.7 Å². The minimum absolute atomic E-state index is 0.0136. The molecule has 0 aliphatic carbocycles. The Morgan fingerprint density at radius 2 is 1.82 bits per heavy atom. The number of hydrogen-bond acceptors (Lipinski definition) is 1. The number of benzene rings is 1. The van der Waals surface area contributed by atoms with Crippen LogP contribution in [0.5, 0.6) is 0 Å². The van der Waals surface area contributed by atoms with Crippen LogP contribution in [0.2, 0.25) is 0 Å². The van der Waals surface area contributed by atoms with Crippen molar-refractivity contribution in [1.29, 1.82) is 0 Å². The molecule has 0 fully saturated rings. The second-order valence-electron chi connectivity index (χ2n) is 3.39. The Morgan fingerprint density at radius 3 is 2.29 bits per heavy atom. The van der Waals surface area contributed by atoms with Gasteiger partial charge in [-0.2, -0.15) is 8.78 Å². The minimum Gasteiger partial charge on any atom is -0.363 e. The standard InChI is InChI=1S/C12H12F4O/c1-2-8-17-10(12(15,16)11(13)14)9-6-4-3-5-7-9/h2-7,10-11H,1,8H2. The third kappa shape index (κ3) is 3.30. The molecule has 5 heteroatoms. The van der Waals surface area contributed by atoms with Gasteiger partial charge in [0, 0.05) is 0 Å². The van der Waals surface area contributed by atoms with Gasteiger partial charge in [0.25, 0.3) is 0 Å². The molecular formula is C12H12F4O. The van der Waals surface area contributed by atoms with Crippen LogP contribution in [0.25, 0.3) is 0 Å². The van der Waals surface area contributed by atoms with Gasteiger partial charge in [0.1, 0.15) is 0 Å². The van der Waals surface area contributed by atoms with Crippen LogP contribution >= 0.6 is 0 Å². The first kappa shape index (κ1) is 13.7. The van der Waals surface area contributed by atoms with Crippen molar-refractivity contribution >= 4 is 0 Å². The molecule has 0 bridgehead atoms. The van der Waals surface area contributed by atoms with Crippen molar-refractivity contribution in [3.63, 3.8) is 0 Å². The van der Waals surface area contributed by atoms with E-state index in [2.05, 4.69) is 6.58 Å². The smallest absolute Gasteiger partial charge is 0.337 e. The van der Waals surface area contributed by atoms with Gasteiger partial charge in [0.2, 0.25) is 0 Å². The lowest BCUT2D eigenvalue weighted by atomic mass is 10.0. The second-order valence-corrected chi connectivity index (χ2v) is 3.39. The van der Waals surface area contributed by atoms with Gasteiger partial charge >= 0.3 is 12.3 Å². The van der Waals surface area contributed by atoms with Crippen molar-refractivity contribution in [2.24, 2.45) is 0 Å². The van der Waals surface area contributed by atoms with Crippen LogP contribution in [0.3, 0.4) is 0 Å². The quantitative estimate of drug-likeness (QED) is 0.549. The molecule has 1 aromatic rings. The average molecular weight is 248 g/mol. The van der Waals surface area contributed by atoms with Crippen molar-refractivity contribution in [3.8, 4) is 0 Å². The highest BCUT2D eigenvalue weighted by Crippen LogP contribution is 2.39. The predicted octanol–water partition coefficient (Wildman–Crippen LogP) is 3.83. The maximum Gasteiger partial charge on any atom is 0.337 e. The highest BCUT2D eigenvalue weighted by Gasteiger charge is 2.50. The molecule has 0 heterocycles. The molecule has 0 aromatic heterocycles. The predicted molar refractivity (Wildman–Crippen MR) is 56.3 cm³/mol. The fourth-order valence-electron chi connectivity index (χ4n) is 1.34. The maximum atomic E-state index is 13.3. The largest absolute Gasteiger partial charge is 0.363 e. The van der Waals surface area contributed by atoms with Gasteiger partial charge in [0.05, 0.1) is 6.61 Å². The lowest BCUT2D eigenvalue weighted by Crippen LogP contribution is -2.36. The van der Waals surface area contributed by atoms with Crippen LogP contribution in [-0.4, -0.2) is 19.0 Å². The third-order valence-corrected chi connectivity index (χ3v) is 2.12. The molecular weight excluding hydrogens is 236 g/mol. The maximum absolute atomic E-state index is 13.3. The zero-order valence-electron chi connectivity index (χ0n) is 8.95. The molecule has 17 heavy (non-hydrogen) atoms. The fourth-order valence-corrected chi connectivity index (χ4v) is 1.34. The molecule has 1 atom stereocenters. The zero-order valence-corrected chi connectivity index (χ0v) is 8.95. The summed E-state index contributed by atoms with van der Waals surface area (Å²) in [5.74, 6) is -4.23. The summed E-state index contributed by atoms with van der Waals surface area (Å²) >= 11 is 0. The van der Waals surface area contributed by atoms with Crippen LogP contribution in [0.15, 0.2) is 43.0 Å². The van der Waals surface area contributed by atoms with E-state index in [4.69, 9.17) is 4.74 Å². The Bertz CT molecular complexity index is 351. The third-order valence-electron chi connectivity index (χ3n) is 2.12. The molecule has 0 N–H and O–H groups in total. The molecule has 1 nitrogen and oxygen atoms in total. The lowest BCUT2D eigenvalue weighted by Gasteiger charge is -2.26. The SMILES string of the molecule is C=CCOC(c1ccccc1)C(F)(F)C(F)F. The van der Waals surface area contributed by atoms with Crippen molar-refractivity contribution < 1.29 is 22.3 Å². The monoisotopic (exact) mass is 248 g/mol. The summed E-state index contributed by atoms with van der Waals surface area (Å²) in [5.41, 5.74) is 0.0136. The molecule has 0 aliphatic heterocycles. The van der Waals surface area contributed by atoms with Crippen molar-refractivity contribution in [3.05, 3.63) is 48.6 Å². The molecule has 0 saturated heterocycles. The van der Waals surface area contributed by atoms with E-state index in [1.807, 2.05) is 0 Å². The second kappa shape index (κ2) is 5.82. The molecule has 0 radical (unpaired) electrons. The Labute approximate surface area is 96.7 Å². The number of alkyl halides is 4. The van der Waals surface area contributed by atoms with E-state index in [1.54, 1.807) is 6.07 Å². The molecule has 94 valence electrons. The lowest BCUT2D eigenvalue weighted by molar-refractivity contribution is -0.207. The number of halogens is 4. The van der Waals surface area contributed by atoms with Crippen molar-refractivity contribution in [2.45, 2.75) is 18.5 Å². The Hall–Kier alpha value is -1.36. The highest BCUT2D eigenvalue weighted by molar-refractivity contribution is 5.20. The van der Waals surface area contributed by atoms with Gasteiger partial charge in [-0.05, 0) is 5.56 Å². The number of hydrogen-bond donors (Lipinski definition) is 0. The summed E-state index contributed by atoms with van der Waals surface area (Å²) < 4.78 is 56.0. The molecule has 1 unspecified atom stereocenters. The van der Waals surface area contributed by atoms with Crippen LogP contribution < -0.4 is 0 Å². The molecule has 0 spiro atoms. The summed E-state index contributed by atoms with van der Waals surface area (Å²) in [6, 6.07) is 7.23. The van der Waals surface area contributed by atoms with Crippen LogP contribution in [0.4, 0.5) is 17.6 Å². The topological polar surface area (TPSA) is 9.23 Å². The summed E-state index contributed by atoms with van der Waals surface area (Å²) in [5, 5.41) is 0. The molecule has 1 rings (SSSR count). The van der Waals surface area contributed by atoms with Gasteiger partial charge in [-0.25, -0.2) is 8.78 Å². The van der Waals surface area contributed by atoms with E-state index < -0.39 is 18.5 Å². The summed E-state index contributed by atoms with van der Waals surface area (Å²) in [6.45, 7) is 3.08. The first-order valence-electron chi connectivity index (χ1n) is 4.93. The molecule has 0 aliphatic rings. The van der Waals surface area contributed by atoms with Crippen molar-refractivity contribution in [2.75, 3.05) is 6.61 Å². The van der Waals surface area contributed by atoms with E-state index >= 15 is 0 Å². The van der Waals surface area contributed by atoms with Crippen molar-refractivity contribution in [1.82, 2.24) is 0 Å². The minimum atomic E-state index is -4.23. The first-order valence-corrected chi connectivity index (χ1v) is 4.93. The van der Waals surface area contributed by atoms with Gasteiger partial charge in [0.15, 0.2) is 6.10 Å². The Kier molecular flexibility index (Phi) is 4.69. The molecule has 0 saturated carbocycles. The Balaban J connectivity index is 2.99. The van der Waals surface area contributed by atoms with E-state index in [0.29, 0.717) is 0 Å². The zero-order chi connectivity index (χ0) is 12.9. The fraction of sp³-hybridized carbons (Fsp3) is 0.333. The van der Waals surface area contributed by atoms with E-state index in [-0.39, 0.29) is 12.2 Å². The normalized spacial score (nSPS) is 13.7.